The van der Waals surface area contributed by atoms with E-state index in [1.165, 1.54) is 0 Å². The molecule has 0 saturated carbocycles. The molecule has 19 heavy (non-hydrogen) atoms. The lowest BCUT2D eigenvalue weighted by Gasteiger charge is -2.25. The van der Waals surface area contributed by atoms with Crippen LogP contribution >= 0.6 is 0 Å². The molecule has 112 valence electrons. The third-order valence-corrected chi connectivity index (χ3v) is 2.24. The molecule has 0 aromatic heterocycles. The van der Waals surface area contributed by atoms with E-state index in [1.807, 2.05) is 19.3 Å². The number of amides is 2. The van der Waals surface area contributed by atoms with Crippen molar-refractivity contribution in [3.63, 3.8) is 0 Å². The van der Waals surface area contributed by atoms with E-state index in [4.69, 9.17) is 0 Å². The maximum Gasteiger partial charge on any atom is 0.473 e. The first-order valence-electron chi connectivity index (χ1n) is 6.22. The second-order valence-corrected chi connectivity index (χ2v) is 5.27. The van der Waals surface area contributed by atoms with Crippen molar-refractivity contribution in [2.24, 2.45) is 11.8 Å². The van der Waals surface area contributed by atoms with E-state index >= 15 is 0 Å². The Hall–Kier alpha value is -1.27. The largest absolute Gasteiger partial charge is 0.473 e. The number of halogens is 3. The van der Waals surface area contributed by atoms with Gasteiger partial charge in [0.1, 0.15) is 0 Å². The molecule has 4 nitrogen and oxygen atoms in total. The molecule has 0 unspecified atom stereocenters. The summed E-state index contributed by atoms with van der Waals surface area (Å²) in [6, 6.07) is 0. The number of nitrogens with zero attached hydrogens (tertiary/aromatic N) is 1. The van der Waals surface area contributed by atoms with Crippen LogP contribution in [0, 0.1) is 11.8 Å². The summed E-state index contributed by atoms with van der Waals surface area (Å²) in [5.41, 5.74) is 2.03. The summed E-state index contributed by atoms with van der Waals surface area (Å²) < 4.78 is 37.1. The summed E-state index contributed by atoms with van der Waals surface area (Å²) in [7, 11) is 0. The molecule has 0 aromatic carbocycles. The minimum absolute atomic E-state index is 0.0946. The molecule has 0 fully saturated rings. The quantitative estimate of drug-likeness (QED) is 0.788. The van der Waals surface area contributed by atoms with Crippen LogP contribution in [0.3, 0.4) is 0 Å². The fraction of sp³-hybridized carbons (Fsp3) is 0.833. The molecule has 0 saturated heterocycles. The van der Waals surface area contributed by atoms with Gasteiger partial charge in [0.2, 0.25) is 5.91 Å². The molecule has 0 aliphatic heterocycles. The maximum absolute atomic E-state index is 12.4. The van der Waals surface area contributed by atoms with Crippen LogP contribution in [0.25, 0.3) is 0 Å². The Balaban J connectivity index is 4.60. The molecule has 0 rings (SSSR count). The number of nitrogens with one attached hydrogen (secondary N) is 1. The first-order chi connectivity index (χ1) is 8.54. The van der Waals surface area contributed by atoms with Crippen molar-refractivity contribution in [3.8, 4) is 0 Å². The topological polar surface area (TPSA) is 49.4 Å². The second kappa shape index (κ2) is 7.35. The van der Waals surface area contributed by atoms with Gasteiger partial charge in [-0.1, -0.05) is 27.7 Å². The molecule has 0 aliphatic carbocycles. The van der Waals surface area contributed by atoms with Crippen molar-refractivity contribution in [1.82, 2.24) is 10.4 Å². The van der Waals surface area contributed by atoms with Crippen LogP contribution in [0.4, 0.5) is 13.2 Å². The fourth-order valence-corrected chi connectivity index (χ4v) is 1.32. The van der Waals surface area contributed by atoms with Crippen molar-refractivity contribution in [1.29, 1.82) is 0 Å². The number of hydrogen-bond donors (Lipinski definition) is 1. The zero-order chi connectivity index (χ0) is 15.2. The summed E-state index contributed by atoms with van der Waals surface area (Å²) in [5, 5.41) is 0.354. The number of rotatable bonds is 5. The van der Waals surface area contributed by atoms with Crippen LogP contribution in [0.5, 0.6) is 0 Å². The van der Waals surface area contributed by atoms with Gasteiger partial charge in [-0.15, -0.1) is 0 Å². The standard InChI is InChI=1S/C12H21F3N2O2/c1-8(2)5-6-10(18)16-17(7-9(3)4)11(19)12(13,14)15/h8-9H,5-7H2,1-4H3,(H,16,18). The molecule has 0 bridgehead atoms. The van der Waals surface area contributed by atoms with Crippen molar-refractivity contribution in [2.45, 2.75) is 46.7 Å². The van der Waals surface area contributed by atoms with Gasteiger partial charge in [0.15, 0.2) is 0 Å². The van der Waals surface area contributed by atoms with E-state index < -0.39 is 18.0 Å². The molecule has 2 amide bonds. The molecule has 1 N–H and O–H groups in total. The number of alkyl halides is 3. The molecule has 0 spiro atoms. The molecule has 0 radical (unpaired) electrons. The highest BCUT2D eigenvalue weighted by atomic mass is 19.4. The van der Waals surface area contributed by atoms with E-state index in [-0.39, 0.29) is 24.8 Å². The van der Waals surface area contributed by atoms with Gasteiger partial charge in [-0.25, -0.2) is 5.01 Å². The van der Waals surface area contributed by atoms with Gasteiger partial charge in [-0.05, 0) is 18.3 Å². The smallest absolute Gasteiger partial charge is 0.273 e. The number of carbonyl (C=O) groups excluding carboxylic acids is 2. The number of hydrogen-bond acceptors (Lipinski definition) is 2. The van der Waals surface area contributed by atoms with E-state index in [0.29, 0.717) is 11.4 Å². The van der Waals surface area contributed by atoms with Crippen molar-refractivity contribution in [2.75, 3.05) is 6.54 Å². The predicted molar refractivity (Wildman–Crippen MR) is 64.8 cm³/mol. The zero-order valence-corrected chi connectivity index (χ0v) is 11.7. The third kappa shape index (κ3) is 7.69. The normalized spacial score (nSPS) is 11.8. The van der Waals surface area contributed by atoms with Crippen LogP contribution in [0.1, 0.15) is 40.5 Å². The minimum atomic E-state index is -4.99. The Labute approximate surface area is 111 Å². The van der Waals surface area contributed by atoms with Gasteiger partial charge in [-0.3, -0.25) is 15.0 Å². The molecule has 0 heterocycles. The zero-order valence-electron chi connectivity index (χ0n) is 11.7. The SMILES string of the molecule is CC(C)CCC(=O)NN(CC(C)C)C(=O)C(F)(F)F. The predicted octanol–water partition coefficient (Wildman–Crippen LogP) is 2.50. The fourth-order valence-electron chi connectivity index (χ4n) is 1.32. The monoisotopic (exact) mass is 282 g/mol. The Morgan fingerprint density at radius 2 is 1.63 bits per heavy atom. The number of carbonyl (C=O) groups is 2. The first kappa shape index (κ1) is 17.7. The highest BCUT2D eigenvalue weighted by molar-refractivity contribution is 5.85. The average molecular weight is 282 g/mol. The van der Waals surface area contributed by atoms with Crippen LogP contribution in [-0.4, -0.2) is 29.5 Å². The minimum Gasteiger partial charge on any atom is -0.273 e. The third-order valence-electron chi connectivity index (χ3n) is 2.24. The summed E-state index contributed by atoms with van der Waals surface area (Å²) in [6.45, 7) is 6.96. The van der Waals surface area contributed by atoms with Gasteiger partial charge >= 0.3 is 12.1 Å². The van der Waals surface area contributed by atoms with Gasteiger partial charge in [-0.2, -0.15) is 13.2 Å². The lowest BCUT2D eigenvalue weighted by atomic mass is 10.1. The summed E-state index contributed by atoms with van der Waals surface area (Å²) in [4.78, 5) is 22.7. The Bertz CT molecular complexity index is 315. The van der Waals surface area contributed by atoms with Crippen LogP contribution < -0.4 is 5.43 Å². The molecule has 0 aliphatic rings. The Morgan fingerprint density at radius 1 is 1.11 bits per heavy atom. The van der Waals surface area contributed by atoms with Crippen LogP contribution in [-0.2, 0) is 9.59 Å². The van der Waals surface area contributed by atoms with Crippen molar-refractivity contribution >= 4 is 11.8 Å². The Kier molecular flexibility index (Phi) is 6.86. The summed E-state index contributed by atoms with van der Waals surface area (Å²) in [5.74, 6) is -2.54. The lowest BCUT2D eigenvalue weighted by Crippen LogP contribution is -2.52. The molecule has 0 aromatic rings. The van der Waals surface area contributed by atoms with E-state index in [1.54, 1.807) is 13.8 Å². The molecule has 7 heteroatoms. The first-order valence-corrected chi connectivity index (χ1v) is 6.22. The van der Waals surface area contributed by atoms with Gasteiger partial charge < -0.3 is 0 Å². The molecular formula is C12H21F3N2O2. The highest BCUT2D eigenvalue weighted by Crippen LogP contribution is 2.18. The van der Waals surface area contributed by atoms with Gasteiger partial charge in [0, 0.05) is 13.0 Å². The summed E-state index contributed by atoms with van der Waals surface area (Å²) >= 11 is 0. The van der Waals surface area contributed by atoms with Gasteiger partial charge in [0.05, 0.1) is 0 Å². The summed E-state index contributed by atoms with van der Waals surface area (Å²) in [6.07, 6.45) is -4.33. The van der Waals surface area contributed by atoms with Crippen molar-refractivity contribution < 1.29 is 22.8 Å². The van der Waals surface area contributed by atoms with E-state index in [0.717, 1.165) is 0 Å². The highest BCUT2D eigenvalue weighted by Gasteiger charge is 2.43. The van der Waals surface area contributed by atoms with Crippen LogP contribution in [0.15, 0.2) is 0 Å². The van der Waals surface area contributed by atoms with Crippen molar-refractivity contribution in [3.05, 3.63) is 0 Å². The van der Waals surface area contributed by atoms with Crippen LogP contribution in [0.2, 0.25) is 0 Å². The van der Waals surface area contributed by atoms with E-state index in [9.17, 15) is 22.8 Å². The van der Waals surface area contributed by atoms with E-state index in [2.05, 4.69) is 0 Å². The molecular weight excluding hydrogens is 261 g/mol. The second-order valence-electron chi connectivity index (χ2n) is 5.27. The van der Waals surface area contributed by atoms with Gasteiger partial charge in [0.25, 0.3) is 0 Å². The number of hydrazine groups is 1. The molecule has 0 atom stereocenters. The lowest BCUT2D eigenvalue weighted by molar-refractivity contribution is -0.190. The maximum atomic E-state index is 12.4. The Morgan fingerprint density at radius 3 is 2.00 bits per heavy atom. The average Bonchev–Trinajstić information content (AvgIpc) is 2.22.